The number of carbonyl (C=O) groups excluding carboxylic acids is 1. The molecule has 0 atom stereocenters. The first-order valence-electron chi connectivity index (χ1n) is 10.3. The lowest BCUT2D eigenvalue weighted by molar-refractivity contribution is 0.0764. The van der Waals surface area contributed by atoms with Crippen molar-refractivity contribution in [3.05, 3.63) is 95.7 Å². The summed E-state index contributed by atoms with van der Waals surface area (Å²) in [6.07, 6.45) is 1.72. The average Bonchev–Trinajstić information content (AvgIpc) is 3.12. The van der Waals surface area contributed by atoms with Gasteiger partial charge in [0.25, 0.3) is 5.91 Å². The molecule has 6 heteroatoms. The van der Waals surface area contributed by atoms with Crippen LogP contribution in [0, 0.1) is 18.3 Å². The molecule has 4 aromatic rings. The van der Waals surface area contributed by atoms with Crippen LogP contribution in [0.3, 0.4) is 0 Å². The molecular weight excluding hydrogens is 398 g/mol. The van der Waals surface area contributed by atoms with Gasteiger partial charge in [0.1, 0.15) is 0 Å². The van der Waals surface area contributed by atoms with Gasteiger partial charge in [-0.15, -0.1) is 6.58 Å². The Morgan fingerprint density at radius 3 is 2.56 bits per heavy atom. The van der Waals surface area contributed by atoms with Crippen LogP contribution in [0.5, 0.6) is 0 Å². The average molecular weight is 422 g/mol. The number of carbonyl (C=O) groups is 1. The number of aryl methyl sites for hydroxylation is 2. The Morgan fingerprint density at radius 2 is 1.91 bits per heavy atom. The van der Waals surface area contributed by atoms with Gasteiger partial charge in [-0.3, -0.25) is 9.48 Å². The molecule has 2 aromatic heterocycles. The number of rotatable bonds is 6. The Morgan fingerprint density at radius 1 is 1.19 bits per heavy atom. The summed E-state index contributed by atoms with van der Waals surface area (Å²) >= 11 is 0. The van der Waals surface area contributed by atoms with Crippen molar-refractivity contribution >= 4 is 16.9 Å². The van der Waals surface area contributed by atoms with Crippen LogP contribution in [-0.4, -0.2) is 32.1 Å². The fourth-order valence-corrected chi connectivity index (χ4v) is 3.82. The van der Waals surface area contributed by atoms with Crippen molar-refractivity contribution < 1.29 is 4.79 Å². The molecule has 0 fully saturated rings. The minimum atomic E-state index is -0.116. The summed E-state index contributed by atoms with van der Waals surface area (Å²) < 4.78 is 1.71. The Balaban J connectivity index is 1.80. The van der Waals surface area contributed by atoms with Gasteiger partial charge < -0.3 is 4.90 Å². The molecule has 6 nitrogen and oxygen atoms in total. The maximum atomic E-state index is 13.8. The summed E-state index contributed by atoms with van der Waals surface area (Å²) in [5.74, 6) is -0.116. The van der Waals surface area contributed by atoms with Crippen molar-refractivity contribution in [2.45, 2.75) is 13.5 Å². The number of nitriles is 1. The summed E-state index contributed by atoms with van der Waals surface area (Å²) in [6.45, 7) is 6.51. The molecule has 1 amide bonds. The van der Waals surface area contributed by atoms with E-state index in [2.05, 4.69) is 17.7 Å². The molecule has 0 unspecified atom stereocenters. The van der Waals surface area contributed by atoms with E-state index in [-0.39, 0.29) is 5.91 Å². The number of pyridine rings is 1. The molecule has 0 aliphatic heterocycles. The number of fused-ring (bicyclic) bond motifs is 1. The monoisotopic (exact) mass is 421 g/mol. The molecule has 0 aliphatic rings. The Labute approximate surface area is 187 Å². The second kappa shape index (κ2) is 8.86. The van der Waals surface area contributed by atoms with Crippen LogP contribution in [-0.2, 0) is 13.6 Å². The van der Waals surface area contributed by atoms with Crippen molar-refractivity contribution in [2.24, 2.45) is 7.05 Å². The highest BCUT2D eigenvalue weighted by atomic mass is 16.2. The third-order valence-electron chi connectivity index (χ3n) is 5.36. The molecule has 0 radical (unpaired) electrons. The molecule has 2 heterocycles. The number of hydrogen-bond donors (Lipinski definition) is 0. The van der Waals surface area contributed by atoms with E-state index in [0.29, 0.717) is 29.9 Å². The van der Waals surface area contributed by atoms with E-state index >= 15 is 0 Å². The van der Waals surface area contributed by atoms with E-state index in [0.717, 1.165) is 27.9 Å². The number of amides is 1. The molecule has 0 spiro atoms. The molecule has 4 rings (SSSR count). The fourth-order valence-electron chi connectivity index (χ4n) is 3.82. The van der Waals surface area contributed by atoms with Gasteiger partial charge in [-0.2, -0.15) is 10.4 Å². The number of hydrogen-bond acceptors (Lipinski definition) is 4. The largest absolute Gasteiger partial charge is 0.331 e. The first-order valence-corrected chi connectivity index (χ1v) is 10.3. The van der Waals surface area contributed by atoms with Crippen molar-refractivity contribution in [1.82, 2.24) is 19.7 Å². The van der Waals surface area contributed by atoms with Crippen LogP contribution in [0.4, 0.5) is 0 Å². The predicted molar refractivity (Wildman–Crippen MR) is 125 cm³/mol. The van der Waals surface area contributed by atoms with Crippen LogP contribution in [0.15, 0.2) is 73.3 Å². The third kappa shape index (κ3) is 4.01. The zero-order valence-electron chi connectivity index (χ0n) is 18.1. The van der Waals surface area contributed by atoms with Gasteiger partial charge in [-0.25, -0.2) is 4.98 Å². The lowest BCUT2D eigenvalue weighted by Gasteiger charge is -2.22. The molecule has 0 bridgehead atoms. The summed E-state index contributed by atoms with van der Waals surface area (Å²) in [7, 11) is 1.84. The SMILES string of the molecule is C=CCN(Cc1ccc(C#N)cc1)C(=O)c1cc(-c2ccccc2)nc2c1c(C)nn2C. The van der Waals surface area contributed by atoms with Gasteiger partial charge in [-0.1, -0.05) is 48.5 Å². The van der Waals surface area contributed by atoms with E-state index in [4.69, 9.17) is 10.2 Å². The van der Waals surface area contributed by atoms with Gasteiger partial charge in [0.15, 0.2) is 5.65 Å². The highest BCUT2D eigenvalue weighted by Gasteiger charge is 2.23. The van der Waals surface area contributed by atoms with Crippen LogP contribution in [0.25, 0.3) is 22.3 Å². The van der Waals surface area contributed by atoms with E-state index in [1.807, 2.05) is 62.5 Å². The third-order valence-corrected chi connectivity index (χ3v) is 5.36. The van der Waals surface area contributed by atoms with E-state index in [1.165, 1.54) is 0 Å². The molecule has 2 aromatic carbocycles. The van der Waals surface area contributed by atoms with Crippen molar-refractivity contribution in [3.63, 3.8) is 0 Å². The van der Waals surface area contributed by atoms with Gasteiger partial charge in [0.2, 0.25) is 0 Å². The summed E-state index contributed by atoms with van der Waals surface area (Å²) in [5, 5.41) is 14.3. The molecule has 0 saturated heterocycles. The maximum Gasteiger partial charge on any atom is 0.255 e. The quantitative estimate of drug-likeness (QED) is 0.425. The maximum absolute atomic E-state index is 13.8. The van der Waals surface area contributed by atoms with Crippen LogP contribution >= 0.6 is 0 Å². The fraction of sp³-hybridized carbons (Fsp3) is 0.154. The molecule has 0 aliphatic carbocycles. The molecule has 0 saturated carbocycles. The molecule has 0 N–H and O–H groups in total. The van der Waals surface area contributed by atoms with E-state index in [9.17, 15) is 4.79 Å². The summed E-state index contributed by atoms with van der Waals surface area (Å²) in [6, 6.07) is 21.0. The lowest BCUT2D eigenvalue weighted by Crippen LogP contribution is -2.31. The van der Waals surface area contributed by atoms with Crippen molar-refractivity contribution in [1.29, 1.82) is 5.26 Å². The van der Waals surface area contributed by atoms with Gasteiger partial charge >= 0.3 is 0 Å². The topological polar surface area (TPSA) is 74.8 Å². The highest BCUT2D eigenvalue weighted by molar-refractivity contribution is 6.07. The Kier molecular flexibility index (Phi) is 5.82. The van der Waals surface area contributed by atoms with Gasteiger partial charge in [0.05, 0.1) is 34.0 Å². The first-order chi connectivity index (χ1) is 15.5. The zero-order valence-corrected chi connectivity index (χ0v) is 18.1. The normalized spacial score (nSPS) is 10.7. The minimum Gasteiger partial charge on any atom is -0.331 e. The lowest BCUT2D eigenvalue weighted by atomic mass is 10.0. The summed E-state index contributed by atoms with van der Waals surface area (Å²) in [4.78, 5) is 20.3. The number of benzene rings is 2. The molecular formula is C26H23N5O. The number of aromatic nitrogens is 3. The first kappa shape index (κ1) is 21.0. The van der Waals surface area contributed by atoms with Gasteiger partial charge in [-0.05, 0) is 30.7 Å². The second-order valence-electron chi connectivity index (χ2n) is 7.61. The summed E-state index contributed by atoms with van der Waals surface area (Å²) in [5.41, 5.74) is 5.18. The zero-order chi connectivity index (χ0) is 22.7. The van der Waals surface area contributed by atoms with Crippen LogP contribution in [0.2, 0.25) is 0 Å². The number of nitrogens with zero attached hydrogens (tertiary/aromatic N) is 5. The Hall–Kier alpha value is -4.24. The smallest absolute Gasteiger partial charge is 0.255 e. The van der Waals surface area contributed by atoms with E-state index < -0.39 is 0 Å². The highest BCUT2D eigenvalue weighted by Crippen LogP contribution is 2.28. The molecule has 32 heavy (non-hydrogen) atoms. The standard InChI is InChI=1S/C26H23N5O/c1-4-14-31(17-20-12-10-19(16-27)11-13-20)26(32)22-15-23(21-8-6-5-7-9-21)28-25-24(22)18(2)29-30(25)3/h4-13,15H,1,14,17H2,2-3H3. The van der Waals surface area contributed by atoms with Crippen LogP contribution in [0.1, 0.15) is 27.2 Å². The Bertz CT molecular complexity index is 1330. The van der Waals surface area contributed by atoms with E-state index in [1.54, 1.807) is 27.8 Å². The van der Waals surface area contributed by atoms with Crippen LogP contribution < -0.4 is 0 Å². The minimum absolute atomic E-state index is 0.116. The second-order valence-corrected chi connectivity index (χ2v) is 7.61. The predicted octanol–water partition coefficient (Wildman–Crippen LogP) is 4.64. The van der Waals surface area contributed by atoms with Crippen molar-refractivity contribution in [3.8, 4) is 17.3 Å². The van der Waals surface area contributed by atoms with Crippen molar-refractivity contribution in [2.75, 3.05) is 6.54 Å². The van der Waals surface area contributed by atoms with Gasteiger partial charge in [0, 0.05) is 25.7 Å². The molecule has 158 valence electrons.